The maximum atomic E-state index is 13.5. The van der Waals surface area contributed by atoms with Crippen LogP contribution in [0.1, 0.15) is 86.2 Å². The number of carbonyl (C=O) groups excluding carboxylic acids is 1. The fourth-order valence-corrected chi connectivity index (χ4v) is 5.67. The van der Waals surface area contributed by atoms with Gasteiger partial charge in [-0.15, -0.1) is 0 Å². The molecule has 4 aromatic rings. The first-order valence-corrected chi connectivity index (χ1v) is 14.7. The summed E-state index contributed by atoms with van der Waals surface area (Å²) in [4.78, 5) is 30.0. The molecule has 1 aliphatic rings. The van der Waals surface area contributed by atoms with Crippen LogP contribution in [0.15, 0.2) is 72.8 Å². The predicted octanol–water partition coefficient (Wildman–Crippen LogP) is 7.59. The number of nitrogens with one attached hydrogen (secondary N) is 1. The first kappa shape index (κ1) is 29.1. The number of ether oxygens (including phenoxy) is 1. The Hall–Kier alpha value is -4.39. The van der Waals surface area contributed by atoms with Gasteiger partial charge in [0.25, 0.3) is 5.91 Å². The van der Waals surface area contributed by atoms with Gasteiger partial charge in [-0.05, 0) is 76.7 Å². The van der Waals surface area contributed by atoms with Crippen LogP contribution < -0.4 is 15.8 Å². The number of fused-ring (bicyclic) bond motifs is 1. The van der Waals surface area contributed by atoms with Gasteiger partial charge in [0.05, 0.1) is 12.5 Å². The van der Waals surface area contributed by atoms with E-state index in [2.05, 4.69) is 38.2 Å². The number of nitrogens with zero attached hydrogens (tertiary/aromatic N) is 1. The summed E-state index contributed by atoms with van der Waals surface area (Å²) in [5.41, 5.74) is 9.48. The quantitative estimate of drug-likeness (QED) is 0.180. The SMILES string of the molecule is CC(C)(C)c1ccc(Oc2ccc3cc(C(=O)NC(CC(=O)O)c4ccc(N)cc4)nc(CC4CCCC4)c3c2)cc1. The van der Waals surface area contributed by atoms with Gasteiger partial charge < -0.3 is 20.9 Å². The highest BCUT2D eigenvalue weighted by atomic mass is 16.5. The van der Waals surface area contributed by atoms with Gasteiger partial charge in [0.1, 0.15) is 17.2 Å². The van der Waals surface area contributed by atoms with E-state index in [0.717, 1.165) is 41.5 Å². The van der Waals surface area contributed by atoms with Crippen LogP contribution >= 0.6 is 0 Å². The number of carbonyl (C=O) groups is 2. The van der Waals surface area contributed by atoms with Crippen LogP contribution in [0.5, 0.6) is 11.5 Å². The number of aromatic nitrogens is 1. The van der Waals surface area contributed by atoms with E-state index in [-0.39, 0.29) is 17.5 Å². The molecule has 1 aliphatic carbocycles. The lowest BCUT2D eigenvalue weighted by atomic mass is 9.87. The molecule has 1 saturated carbocycles. The minimum Gasteiger partial charge on any atom is -0.481 e. The molecule has 1 amide bonds. The zero-order chi connectivity index (χ0) is 29.9. The average molecular weight is 566 g/mol. The van der Waals surface area contributed by atoms with Crippen LogP contribution in [0.2, 0.25) is 0 Å². The molecular formula is C35H39N3O4. The molecule has 1 heterocycles. The van der Waals surface area contributed by atoms with E-state index in [1.54, 1.807) is 30.3 Å². The fourth-order valence-electron chi connectivity index (χ4n) is 5.67. The normalized spacial score (nSPS) is 14.5. The van der Waals surface area contributed by atoms with Crippen LogP contribution in [0.25, 0.3) is 10.8 Å². The second kappa shape index (κ2) is 12.2. The monoisotopic (exact) mass is 565 g/mol. The smallest absolute Gasteiger partial charge is 0.305 e. The van der Waals surface area contributed by atoms with Gasteiger partial charge in [-0.2, -0.15) is 0 Å². The number of nitrogens with two attached hydrogens (primary N) is 1. The van der Waals surface area contributed by atoms with Crippen LogP contribution in [0.3, 0.4) is 0 Å². The second-order valence-corrected chi connectivity index (χ2v) is 12.4. The third-order valence-corrected chi connectivity index (χ3v) is 8.05. The van der Waals surface area contributed by atoms with Gasteiger partial charge >= 0.3 is 5.97 Å². The third-order valence-electron chi connectivity index (χ3n) is 8.05. The lowest BCUT2D eigenvalue weighted by Crippen LogP contribution is -2.31. The number of nitrogen functional groups attached to an aromatic ring is 1. The van der Waals surface area contributed by atoms with Crippen LogP contribution in [0.4, 0.5) is 5.69 Å². The molecule has 0 radical (unpaired) electrons. The summed E-state index contributed by atoms with van der Waals surface area (Å²) in [6.07, 6.45) is 5.23. The lowest BCUT2D eigenvalue weighted by Gasteiger charge is -2.19. The number of anilines is 1. The zero-order valence-electron chi connectivity index (χ0n) is 24.5. The van der Waals surface area contributed by atoms with Crippen molar-refractivity contribution in [1.29, 1.82) is 0 Å². The molecule has 7 heteroatoms. The summed E-state index contributed by atoms with van der Waals surface area (Å²) in [6, 6.07) is 22.0. The molecule has 0 bridgehead atoms. The fraction of sp³-hybridized carbons (Fsp3) is 0.343. The molecule has 7 nitrogen and oxygen atoms in total. The maximum absolute atomic E-state index is 13.5. The highest BCUT2D eigenvalue weighted by Crippen LogP contribution is 2.33. The van der Waals surface area contributed by atoms with Crippen molar-refractivity contribution in [3.8, 4) is 11.5 Å². The molecule has 0 aliphatic heterocycles. The summed E-state index contributed by atoms with van der Waals surface area (Å²) in [5, 5.41) is 14.3. The number of hydrogen-bond donors (Lipinski definition) is 3. The topological polar surface area (TPSA) is 115 Å². The van der Waals surface area contributed by atoms with Crippen LogP contribution in [0, 0.1) is 5.92 Å². The second-order valence-electron chi connectivity index (χ2n) is 12.4. The Labute approximate surface area is 247 Å². The molecule has 42 heavy (non-hydrogen) atoms. The van der Waals surface area contributed by atoms with Crippen molar-refractivity contribution in [1.82, 2.24) is 10.3 Å². The van der Waals surface area contributed by atoms with E-state index in [4.69, 9.17) is 15.5 Å². The van der Waals surface area contributed by atoms with Crippen LogP contribution in [-0.2, 0) is 16.6 Å². The molecule has 1 aromatic heterocycles. The first-order valence-electron chi connectivity index (χ1n) is 14.7. The molecule has 218 valence electrons. The number of carboxylic acids is 1. The molecular weight excluding hydrogens is 526 g/mol. The first-order chi connectivity index (χ1) is 20.0. The summed E-state index contributed by atoms with van der Waals surface area (Å²) < 4.78 is 6.23. The number of benzene rings is 3. The van der Waals surface area contributed by atoms with Gasteiger partial charge in [0, 0.05) is 16.8 Å². The van der Waals surface area contributed by atoms with Crippen molar-refractivity contribution in [3.63, 3.8) is 0 Å². The largest absolute Gasteiger partial charge is 0.481 e. The Morgan fingerprint density at radius 1 is 0.976 bits per heavy atom. The molecule has 1 fully saturated rings. The number of hydrogen-bond acceptors (Lipinski definition) is 5. The Balaban J connectivity index is 1.45. The van der Waals surface area contributed by atoms with Gasteiger partial charge in [0.2, 0.25) is 0 Å². The number of amides is 1. The van der Waals surface area contributed by atoms with Crippen molar-refractivity contribution in [2.24, 2.45) is 5.92 Å². The Morgan fingerprint density at radius 3 is 2.29 bits per heavy atom. The molecule has 0 saturated heterocycles. The minimum absolute atomic E-state index is 0.0645. The standard InChI is InChI=1S/C35H39N3O4/c1-35(2,3)25-11-16-27(17-12-25)42-28-15-10-24-19-32(37-31(29(24)20-28)18-22-6-4-5-7-22)34(41)38-30(21-33(39)40)23-8-13-26(36)14-9-23/h8-17,19-20,22,30H,4-7,18,21,36H2,1-3H3,(H,38,41)(H,39,40). The van der Waals surface area contributed by atoms with Crippen molar-refractivity contribution >= 4 is 28.3 Å². The number of pyridine rings is 1. The van der Waals surface area contributed by atoms with E-state index in [1.807, 2.05) is 30.3 Å². The van der Waals surface area contributed by atoms with Crippen LogP contribution in [-0.4, -0.2) is 22.0 Å². The Bertz CT molecular complexity index is 1570. The van der Waals surface area contributed by atoms with Crippen molar-refractivity contribution in [3.05, 3.63) is 95.3 Å². The minimum atomic E-state index is -1.01. The summed E-state index contributed by atoms with van der Waals surface area (Å²) in [6.45, 7) is 6.55. The Kier molecular flexibility index (Phi) is 8.48. The number of aliphatic carboxylic acids is 1. The van der Waals surface area contributed by atoms with Crippen molar-refractivity contribution < 1.29 is 19.4 Å². The van der Waals surface area contributed by atoms with E-state index in [0.29, 0.717) is 22.9 Å². The molecule has 3 aromatic carbocycles. The van der Waals surface area contributed by atoms with Gasteiger partial charge in [-0.3, -0.25) is 9.59 Å². The van der Waals surface area contributed by atoms with Crippen molar-refractivity contribution in [2.75, 3.05) is 5.73 Å². The van der Waals surface area contributed by atoms with Gasteiger partial charge in [-0.25, -0.2) is 4.98 Å². The Morgan fingerprint density at radius 2 is 1.64 bits per heavy atom. The predicted molar refractivity (Wildman–Crippen MR) is 166 cm³/mol. The summed E-state index contributed by atoms with van der Waals surface area (Å²) >= 11 is 0. The van der Waals surface area contributed by atoms with E-state index < -0.39 is 17.9 Å². The van der Waals surface area contributed by atoms with E-state index in [9.17, 15) is 14.7 Å². The zero-order valence-corrected chi connectivity index (χ0v) is 24.5. The number of rotatable bonds is 9. The summed E-state index contributed by atoms with van der Waals surface area (Å²) in [7, 11) is 0. The highest BCUT2D eigenvalue weighted by molar-refractivity contribution is 5.98. The average Bonchev–Trinajstić information content (AvgIpc) is 3.46. The molecule has 0 spiro atoms. The molecule has 1 unspecified atom stereocenters. The highest BCUT2D eigenvalue weighted by Gasteiger charge is 2.23. The number of carboxylic acid groups (broad SMARTS) is 1. The lowest BCUT2D eigenvalue weighted by molar-refractivity contribution is -0.137. The molecule has 4 N–H and O–H groups in total. The van der Waals surface area contributed by atoms with E-state index in [1.165, 1.54) is 18.4 Å². The van der Waals surface area contributed by atoms with Gasteiger partial charge in [0.15, 0.2) is 0 Å². The van der Waals surface area contributed by atoms with Crippen molar-refractivity contribution in [2.45, 2.75) is 70.8 Å². The maximum Gasteiger partial charge on any atom is 0.305 e. The van der Waals surface area contributed by atoms with Gasteiger partial charge in [-0.1, -0.05) is 76.8 Å². The molecule has 5 rings (SSSR count). The summed E-state index contributed by atoms with van der Waals surface area (Å²) in [5.74, 6) is 0.569. The third kappa shape index (κ3) is 7.08. The van der Waals surface area contributed by atoms with E-state index >= 15 is 0 Å². The molecule has 1 atom stereocenters.